The van der Waals surface area contributed by atoms with Gasteiger partial charge in [-0.15, -0.1) is 0 Å². The molecule has 0 spiro atoms. The SMILES string of the molecule is CCCC(C)(C(F)(F)F)S(=O)(=O)O. The summed E-state index contributed by atoms with van der Waals surface area (Å²) >= 11 is 0. The molecule has 0 amide bonds. The second kappa shape index (κ2) is 3.45. The van der Waals surface area contributed by atoms with E-state index in [1.54, 1.807) is 0 Å². The molecule has 13 heavy (non-hydrogen) atoms. The predicted molar refractivity (Wildman–Crippen MR) is 40.9 cm³/mol. The molecule has 0 radical (unpaired) electrons. The van der Waals surface area contributed by atoms with E-state index in [4.69, 9.17) is 4.55 Å². The lowest BCUT2D eigenvalue weighted by atomic mass is 10.1. The van der Waals surface area contributed by atoms with Crippen molar-refractivity contribution in [2.45, 2.75) is 37.6 Å². The zero-order valence-corrected chi connectivity index (χ0v) is 8.04. The van der Waals surface area contributed by atoms with Gasteiger partial charge in [-0.2, -0.15) is 21.6 Å². The van der Waals surface area contributed by atoms with Gasteiger partial charge in [0.15, 0.2) is 4.75 Å². The minimum Gasteiger partial charge on any atom is -0.285 e. The molecule has 0 aromatic heterocycles. The predicted octanol–water partition coefficient (Wildman–Crippen LogP) is 2.00. The van der Waals surface area contributed by atoms with Gasteiger partial charge in [0.2, 0.25) is 0 Å². The van der Waals surface area contributed by atoms with Gasteiger partial charge in [-0.3, -0.25) is 4.55 Å². The first-order valence-electron chi connectivity index (χ1n) is 3.60. The third-order valence-corrected chi connectivity index (χ3v) is 3.47. The van der Waals surface area contributed by atoms with Gasteiger partial charge in [-0.25, -0.2) is 0 Å². The van der Waals surface area contributed by atoms with E-state index in [1.807, 2.05) is 0 Å². The second-order valence-electron chi connectivity index (χ2n) is 2.95. The standard InChI is InChI=1S/C6H11F3O3S/c1-3-4-5(2,6(7,8)9)13(10,11)12/h3-4H2,1-2H3,(H,10,11,12). The average molecular weight is 220 g/mol. The fourth-order valence-electron chi connectivity index (χ4n) is 0.894. The summed E-state index contributed by atoms with van der Waals surface area (Å²) in [4.78, 5) is 0. The lowest BCUT2D eigenvalue weighted by Crippen LogP contribution is -2.48. The Kier molecular flexibility index (Phi) is 3.37. The highest BCUT2D eigenvalue weighted by Crippen LogP contribution is 2.39. The van der Waals surface area contributed by atoms with Crippen molar-refractivity contribution in [2.24, 2.45) is 0 Å². The van der Waals surface area contributed by atoms with Crippen LogP contribution in [0.2, 0.25) is 0 Å². The molecule has 0 aromatic carbocycles. The van der Waals surface area contributed by atoms with Crippen LogP contribution < -0.4 is 0 Å². The molecule has 0 aromatic rings. The van der Waals surface area contributed by atoms with E-state index in [0.717, 1.165) is 0 Å². The quantitative estimate of drug-likeness (QED) is 0.740. The van der Waals surface area contributed by atoms with E-state index < -0.39 is 27.5 Å². The third-order valence-electron chi connectivity index (χ3n) is 1.90. The van der Waals surface area contributed by atoms with Gasteiger partial charge in [0.25, 0.3) is 10.1 Å². The van der Waals surface area contributed by atoms with Gasteiger partial charge in [0.1, 0.15) is 0 Å². The Morgan fingerprint density at radius 1 is 1.31 bits per heavy atom. The van der Waals surface area contributed by atoms with Crippen LogP contribution in [0.3, 0.4) is 0 Å². The fraction of sp³-hybridized carbons (Fsp3) is 1.00. The highest BCUT2D eigenvalue weighted by atomic mass is 32.2. The van der Waals surface area contributed by atoms with Crippen LogP contribution in [0.1, 0.15) is 26.7 Å². The maximum Gasteiger partial charge on any atom is 0.410 e. The van der Waals surface area contributed by atoms with E-state index >= 15 is 0 Å². The maximum absolute atomic E-state index is 12.2. The Bertz CT molecular complexity index is 269. The summed E-state index contributed by atoms with van der Waals surface area (Å²) in [5, 5.41) is 0. The van der Waals surface area contributed by atoms with Crippen LogP contribution in [0.4, 0.5) is 13.2 Å². The number of halogens is 3. The molecular weight excluding hydrogens is 209 g/mol. The van der Waals surface area contributed by atoms with Crippen molar-refractivity contribution in [1.82, 2.24) is 0 Å². The summed E-state index contributed by atoms with van der Waals surface area (Å²) in [7, 11) is -5.11. The molecule has 0 saturated heterocycles. The molecule has 1 N–H and O–H groups in total. The molecule has 7 heteroatoms. The zero-order chi connectivity index (χ0) is 10.9. The Morgan fingerprint density at radius 2 is 1.69 bits per heavy atom. The third kappa shape index (κ3) is 2.34. The summed E-state index contributed by atoms with van der Waals surface area (Å²) < 4.78 is 63.2. The van der Waals surface area contributed by atoms with Crippen molar-refractivity contribution in [3.05, 3.63) is 0 Å². The van der Waals surface area contributed by atoms with Crippen LogP contribution in [0.15, 0.2) is 0 Å². The topological polar surface area (TPSA) is 54.4 Å². The zero-order valence-electron chi connectivity index (χ0n) is 7.22. The molecule has 1 unspecified atom stereocenters. The first-order valence-corrected chi connectivity index (χ1v) is 5.04. The Hall–Kier alpha value is -0.300. The molecule has 0 saturated carbocycles. The molecule has 0 aliphatic rings. The van der Waals surface area contributed by atoms with Crippen LogP contribution in [0.5, 0.6) is 0 Å². The first-order chi connectivity index (χ1) is 5.56. The second-order valence-corrected chi connectivity index (χ2v) is 4.80. The Morgan fingerprint density at radius 3 is 1.77 bits per heavy atom. The number of alkyl halides is 3. The van der Waals surface area contributed by atoms with Crippen LogP contribution in [0, 0.1) is 0 Å². The van der Waals surface area contributed by atoms with Crippen LogP contribution in [-0.4, -0.2) is 23.9 Å². The molecule has 0 fully saturated rings. The summed E-state index contributed by atoms with van der Waals surface area (Å²) in [5.74, 6) is 0. The van der Waals surface area contributed by atoms with Gasteiger partial charge < -0.3 is 0 Å². The summed E-state index contributed by atoms with van der Waals surface area (Å²) in [6, 6.07) is 0. The van der Waals surface area contributed by atoms with Crippen molar-refractivity contribution in [3.63, 3.8) is 0 Å². The molecule has 0 bridgehead atoms. The van der Waals surface area contributed by atoms with Gasteiger partial charge in [0, 0.05) is 0 Å². The van der Waals surface area contributed by atoms with Crippen molar-refractivity contribution >= 4 is 10.1 Å². The van der Waals surface area contributed by atoms with Crippen LogP contribution >= 0.6 is 0 Å². The molecule has 3 nitrogen and oxygen atoms in total. The Labute approximate surface area is 74.7 Å². The minimum atomic E-state index is -5.11. The van der Waals surface area contributed by atoms with Gasteiger partial charge in [-0.05, 0) is 13.3 Å². The average Bonchev–Trinajstić information content (AvgIpc) is 1.82. The summed E-state index contributed by atoms with van der Waals surface area (Å²) in [6.45, 7) is 1.89. The van der Waals surface area contributed by atoms with Crippen LogP contribution in [0.25, 0.3) is 0 Å². The van der Waals surface area contributed by atoms with E-state index in [1.165, 1.54) is 6.92 Å². The lowest BCUT2D eigenvalue weighted by molar-refractivity contribution is -0.160. The van der Waals surface area contributed by atoms with Crippen molar-refractivity contribution in [3.8, 4) is 0 Å². The minimum absolute atomic E-state index is 0.0236. The highest BCUT2D eigenvalue weighted by molar-refractivity contribution is 7.87. The molecular formula is C6H11F3O3S. The van der Waals surface area contributed by atoms with E-state index in [2.05, 4.69) is 0 Å². The summed E-state index contributed by atoms with van der Waals surface area (Å²) in [5.41, 5.74) is 0. The lowest BCUT2D eigenvalue weighted by Gasteiger charge is -2.28. The van der Waals surface area contributed by atoms with Crippen molar-refractivity contribution in [2.75, 3.05) is 0 Å². The van der Waals surface area contributed by atoms with Gasteiger partial charge in [-0.1, -0.05) is 13.3 Å². The highest BCUT2D eigenvalue weighted by Gasteiger charge is 2.59. The van der Waals surface area contributed by atoms with E-state index in [-0.39, 0.29) is 6.42 Å². The van der Waals surface area contributed by atoms with Crippen molar-refractivity contribution in [1.29, 1.82) is 0 Å². The monoisotopic (exact) mass is 220 g/mol. The van der Waals surface area contributed by atoms with Gasteiger partial charge >= 0.3 is 6.18 Å². The summed E-state index contributed by atoms with van der Waals surface area (Å²) in [6.07, 6.45) is -5.57. The normalized spacial score (nSPS) is 18.3. The molecule has 80 valence electrons. The van der Waals surface area contributed by atoms with Gasteiger partial charge in [0.05, 0.1) is 0 Å². The number of hydrogen-bond donors (Lipinski definition) is 1. The molecule has 0 aliphatic heterocycles. The Balaban J connectivity index is 5.22. The van der Waals surface area contributed by atoms with E-state index in [0.29, 0.717) is 6.92 Å². The largest absolute Gasteiger partial charge is 0.410 e. The number of rotatable bonds is 3. The maximum atomic E-state index is 12.2. The smallest absolute Gasteiger partial charge is 0.285 e. The molecule has 1 atom stereocenters. The number of hydrogen-bond acceptors (Lipinski definition) is 2. The van der Waals surface area contributed by atoms with Crippen molar-refractivity contribution < 1.29 is 26.1 Å². The first kappa shape index (κ1) is 12.7. The molecule has 0 heterocycles. The van der Waals surface area contributed by atoms with Crippen LogP contribution in [-0.2, 0) is 10.1 Å². The van der Waals surface area contributed by atoms with E-state index in [9.17, 15) is 21.6 Å². The fourth-order valence-corrected chi connectivity index (χ4v) is 1.65. The molecule has 0 rings (SSSR count). The molecule has 0 aliphatic carbocycles.